The maximum absolute atomic E-state index is 12.8. The van der Waals surface area contributed by atoms with Crippen LogP contribution in [0.4, 0.5) is 0 Å². The molecular weight excluding hydrogens is 300 g/mol. The van der Waals surface area contributed by atoms with Gasteiger partial charge < -0.3 is 14.6 Å². The van der Waals surface area contributed by atoms with Gasteiger partial charge in [0.15, 0.2) is 5.76 Å². The average molecular weight is 323 g/mol. The summed E-state index contributed by atoms with van der Waals surface area (Å²) >= 11 is 0. The van der Waals surface area contributed by atoms with Crippen molar-refractivity contribution in [2.45, 2.75) is 32.2 Å². The van der Waals surface area contributed by atoms with E-state index in [4.69, 9.17) is 4.42 Å². The van der Waals surface area contributed by atoms with Gasteiger partial charge in [-0.2, -0.15) is 0 Å². The topological polar surface area (TPSA) is 45.5 Å². The molecule has 4 nitrogen and oxygen atoms in total. The van der Waals surface area contributed by atoms with Crippen LogP contribution in [-0.2, 0) is 0 Å². The van der Waals surface area contributed by atoms with Crippen LogP contribution in [0.25, 0.3) is 11.0 Å². The molecule has 3 rings (SSSR count). The van der Waals surface area contributed by atoms with Gasteiger partial charge in [-0.15, -0.1) is 12.4 Å². The smallest absolute Gasteiger partial charge is 0.289 e. The monoisotopic (exact) mass is 322 g/mol. The number of rotatable bonds is 4. The quantitative estimate of drug-likeness (QED) is 0.937. The lowest BCUT2D eigenvalue weighted by atomic mass is 10.0. The van der Waals surface area contributed by atoms with Gasteiger partial charge in [-0.1, -0.05) is 25.1 Å². The molecule has 0 aliphatic carbocycles. The third-order valence-electron chi connectivity index (χ3n) is 4.11. The standard InChI is InChI=1S/C17H22N2O2.ClH/c1-2-11-19(14-7-9-18-10-8-14)17(20)16-12-13-5-3-4-6-15(13)21-16;/h3-6,12,14,18H,2,7-11H2,1H3;1H. The highest BCUT2D eigenvalue weighted by Crippen LogP contribution is 2.22. The minimum atomic E-state index is 0. The minimum absolute atomic E-state index is 0. The molecule has 1 aromatic carbocycles. The summed E-state index contributed by atoms with van der Waals surface area (Å²) in [6, 6.07) is 9.96. The van der Waals surface area contributed by atoms with Crippen LogP contribution in [0.15, 0.2) is 34.7 Å². The molecule has 0 unspecified atom stereocenters. The molecule has 5 heteroatoms. The number of amides is 1. The number of nitrogens with one attached hydrogen (secondary N) is 1. The summed E-state index contributed by atoms with van der Waals surface area (Å²) in [5, 5.41) is 4.34. The number of halogens is 1. The highest BCUT2D eigenvalue weighted by atomic mass is 35.5. The molecule has 0 bridgehead atoms. The van der Waals surface area contributed by atoms with Crippen LogP contribution in [0.5, 0.6) is 0 Å². The Balaban J connectivity index is 0.00000176. The fraction of sp³-hybridized carbons (Fsp3) is 0.471. The second-order valence-electron chi connectivity index (χ2n) is 5.63. The lowest BCUT2D eigenvalue weighted by Crippen LogP contribution is -2.46. The fourth-order valence-corrected chi connectivity index (χ4v) is 3.04. The highest BCUT2D eigenvalue weighted by molar-refractivity contribution is 5.96. The van der Waals surface area contributed by atoms with E-state index in [1.807, 2.05) is 35.2 Å². The summed E-state index contributed by atoms with van der Waals surface area (Å²) in [5.74, 6) is 0.489. The Kier molecular flexibility index (Phi) is 5.86. The van der Waals surface area contributed by atoms with Crippen LogP contribution < -0.4 is 5.32 Å². The van der Waals surface area contributed by atoms with Gasteiger partial charge in [0, 0.05) is 18.0 Å². The number of para-hydroxylation sites is 1. The Morgan fingerprint density at radius 3 is 2.73 bits per heavy atom. The summed E-state index contributed by atoms with van der Waals surface area (Å²) in [5.41, 5.74) is 0.780. The molecule has 1 fully saturated rings. The van der Waals surface area contributed by atoms with Gasteiger partial charge in [-0.3, -0.25) is 4.79 Å². The molecule has 1 aliphatic rings. The molecule has 120 valence electrons. The van der Waals surface area contributed by atoms with E-state index >= 15 is 0 Å². The average Bonchev–Trinajstić information content (AvgIpc) is 2.97. The second kappa shape index (κ2) is 7.65. The number of hydrogen-bond donors (Lipinski definition) is 1. The minimum Gasteiger partial charge on any atom is -0.451 e. The van der Waals surface area contributed by atoms with Crippen molar-refractivity contribution in [1.82, 2.24) is 10.2 Å². The number of hydrogen-bond acceptors (Lipinski definition) is 3. The van der Waals surface area contributed by atoms with Crippen molar-refractivity contribution >= 4 is 29.3 Å². The Bertz CT molecular complexity index is 587. The predicted octanol–water partition coefficient (Wildman–Crippen LogP) is 3.46. The molecule has 22 heavy (non-hydrogen) atoms. The third kappa shape index (κ3) is 3.45. The Labute approximate surface area is 137 Å². The number of piperidine rings is 1. The second-order valence-corrected chi connectivity index (χ2v) is 5.63. The largest absolute Gasteiger partial charge is 0.451 e. The van der Waals surface area contributed by atoms with E-state index in [1.54, 1.807) is 0 Å². The third-order valence-corrected chi connectivity index (χ3v) is 4.11. The summed E-state index contributed by atoms with van der Waals surface area (Å²) in [4.78, 5) is 14.8. The van der Waals surface area contributed by atoms with E-state index in [2.05, 4.69) is 12.2 Å². The molecule has 0 saturated carbocycles. The first kappa shape index (κ1) is 16.8. The van der Waals surface area contributed by atoms with Crippen LogP contribution in [0.3, 0.4) is 0 Å². The number of furan rings is 1. The van der Waals surface area contributed by atoms with Gasteiger partial charge in [0.05, 0.1) is 0 Å². The Morgan fingerprint density at radius 1 is 1.32 bits per heavy atom. The number of nitrogens with zero attached hydrogens (tertiary/aromatic N) is 1. The molecule has 1 amide bonds. The van der Waals surface area contributed by atoms with Gasteiger partial charge in [0.1, 0.15) is 5.58 Å². The van der Waals surface area contributed by atoms with Gasteiger partial charge in [0.25, 0.3) is 5.91 Å². The number of carbonyl (C=O) groups is 1. The Morgan fingerprint density at radius 2 is 2.05 bits per heavy atom. The van der Waals surface area contributed by atoms with Gasteiger partial charge >= 0.3 is 0 Å². The number of benzene rings is 1. The Hall–Kier alpha value is -1.52. The van der Waals surface area contributed by atoms with Gasteiger partial charge in [-0.25, -0.2) is 0 Å². The molecule has 1 N–H and O–H groups in total. The van der Waals surface area contributed by atoms with E-state index in [0.717, 1.165) is 49.9 Å². The van der Waals surface area contributed by atoms with Crippen molar-refractivity contribution in [2.75, 3.05) is 19.6 Å². The number of carbonyl (C=O) groups excluding carboxylic acids is 1. The molecule has 2 heterocycles. The lowest BCUT2D eigenvalue weighted by molar-refractivity contribution is 0.0612. The van der Waals surface area contributed by atoms with Crippen molar-refractivity contribution in [3.63, 3.8) is 0 Å². The van der Waals surface area contributed by atoms with Crippen molar-refractivity contribution in [3.8, 4) is 0 Å². The van der Waals surface area contributed by atoms with Crippen LogP contribution in [-0.4, -0.2) is 36.5 Å². The molecule has 0 radical (unpaired) electrons. The summed E-state index contributed by atoms with van der Waals surface area (Å²) in [6.45, 7) is 4.87. The first-order valence-electron chi connectivity index (χ1n) is 7.80. The zero-order valence-electron chi connectivity index (χ0n) is 12.9. The lowest BCUT2D eigenvalue weighted by Gasteiger charge is -2.34. The van der Waals surface area contributed by atoms with Crippen LogP contribution in [0.2, 0.25) is 0 Å². The van der Waals surface area contributed by atoms with Crippen molar-refractivity contribution < 1.29 is 9.21 Å². The molecule has 0 spiro atoms. The normalized spacial score (nSPS) is 15.5. The molecule has 2 aromatic rings. The summed E-state index contributed by atoms with van der Waals surface area (Å²) in [7, 11) is 0. The molecule has 1 aliphatic heterocycles. The molecular formula is C17H23ClN2O2. The molecule has 1 aromatic heterocycles. The van der Waals surface area contributed by atoms with Crippen molar-refractivity contribution in [1.29, 1.82) is 0 Å². The van der Waals surface area contributed by atoms with Gasteiger partial charge in [-0.05, 0) is 44.5 Å². The summed E-state index contributed by atoms with van der Waals surface area (Å²) < 4.78 is 5.74. The maximum atomic E-state index is 12.8. The zero-order chi connectivity index (χ0) is 14.7. The van der Waals surface area contributed by atoms with E-state index in [1.165, 1.54) is 0 Å². The zero-order valence-corrected chi connectivity index (χ0v) is 13.7. The van der Waals surface area contributed by atoms with Crippen molar-refractivity contribution in [3.05, 3.63) is 36.1 Å². The van der Waals surface area contributed by atoms with E-state index < -0.39 is 0 Å². The maximum Gasteiger partial charge on any atom is 0.289 e. The van der Waals surface area contributed by atoms with Crippen LogP contribution >= 0.6 is 12.4 Å². The first-order valence-corrected chi connectivity index (χ1v) is 7.80. The highest BCUT2D eigenvalue weighted by Gasteiger charge is 2.27. The van der Waals surface area contributed by atoms with E-state index in [-0.39, 0.29) is 18.3 Å². The van der Waals surface area contributed by atoms with E-state index in [9.17, 15) is 4.79 Å². The van der Waals surface area contributed by atoms with Crippen LogP contribution in [0.1, 0.15) is 36.7 Å². The fourth-order valence-electron chi connectivity index (χ4n) is 3.04. The van der Waals surface area contributed by atoms with Crippen LogP contribution in [0, 0.1) is 0 Å². The number of fused-ring (bicyclic) bond motifs is 1. The first-order chi connectivity index (χ1) is 10.3. The summed E-state index contributed by atoms with van der Waals surface area (Å²) in [6.07, 6.45) is 3.01. The predicted molar refractivity (Wildman–Crippen MR) is 90.7 cm³/mol. The van der Waals surface area contributed by atoms with Gasteiger partial charge in [0.2, 0.25) is 0 Å². The van der Waals surface area contributed by atoms with Crippen molar-refractivity contribution in [2.24, 2.45) is 0 Å². The molecule has 1 saturated heterocycles. The van der Waals surface area contributed by atoms with E-state index in [0.29, 0.717) is 11.8 Å². The molecule has 0 atom stereocenters. The SMILES string of the molecule is CCCN(C(=O)c1cc2ccccc2o1)C1CCNCC1.Cl.